The van der Waals surface area contributed by atoms with Crippen LogP contribution in [0, 0.1) is 0 Å². The van der Waals surface area contributed by atoms with Crippen LogP contribution < -0.4 is 0 Å². The van der Waals surface area contributed by atoms with Crippen LogP contribution in [-0.4, -0.2) is 52.1 Å². The van der Waals surface area contributed by atoms with Crippen molar-refractivity contribution in [3.63, 3.8) is 0 Å². The second-order valence-corrected chi connectivity index (χ2v) is 10.4. The monoisotopic (exact) mass is 502 g/mol. The van der Waals surface area contributed by atoms with Gasteiger partial charge in [0.25, 0.3) is 0 Å². The van der Waals surface area contributed by atoms with E-state index in [0.29, 0.717) is 11.6 Å². The Labute approximate surface area is 202 Å². The number of sulfonamides is 1. The van der Waals surface area contributed by atoms with Gasteiger partial charge in [-0.1, -0.05) is 65.8 Å². The van der Waals surface area contributed by atoms with Crippen LogP contribution >= 0.6 is 23.4 Å². The summed E-state index contributed by atoms with van der Waals surface area (Å²) in [6, 6.07) is 17.4. The zero-order valence-corrected chi connectivity index (χ0v) is 20.7. The summed E-state index contributed by atoms with van der Waals surface area (Å²) in [7, 11) is -4.05. The van der Waals surface area contributed by atoms with Gasteiger partial charge in [0.2, 0.25) is 5.03 Å². The van der Waals surface area contributed by atoms with Crippen molar-refractivity contribution in [2.75, 3.05) is 12.8 Å². The van der Waals surface area contributed by atoms with Gasteiger partial charge in [0, 0.05) is 10.9 Å². The van der Waals surface area contributed by atoms with Crippen molar-refractivity contribution in [1.29, 1.82) is 0 Å². The molecule has 0 fully saturated rings. The quantitative estimate of drug-likeness (QED) is 0.378. The highest BCUT2D eigenvalue weighted by atomic mass is 35.5. The maximum atomic E-state index is 12.9. The first-order valence-electron chi connectivity index (χ1n) is 10.3. The molecule has 0 aliphatic carbocycles. The average molecular weight is 503 g/mol. The first-order chi connectivity index (χ1) is 15.8. The van der Waals surface area contributed by atoms with Crippen LogP contribution in [0.2, 0.25) is 5.02 Å². The lowest BCUT2D eigenvalue weighted by molar-refractivity contribution is 0.457. The Hall–Kier alpha value is -2.69. The average Bonchev–Trinajstić information content (AvgIpc) is 3.47. The topological polar surface area (TPSA) is 92.8 Å². The molecule has 0 saturated heterocycles. The van der Waals surface area contributed by atoms with E-state index >= 15 is 0 Å². The number of aromatic nitrogens is 3. The summed E-state index contributed by atoms with van der Waals surface area (Å²) in [5, 5.41) is 15.2. The Morgan fingerprint density at radius 1 is 1.15 bits per heavy atom. The van der Waals surface area contributed by atoms with Gasteiger partial charge < -0.3 is 0 Å². The maximum absolute atomic E-state index is 12.9. The van der Waals surface area contributed by atoms with Gasteiger partial charge in [0.05, 0.1) is 24.5 Å². The number of rotatable bonds is 5. The van der Waals surface area contributed by atoms with E-state index in [2.05, 4.69) is 14.6 Å². The third kappa shape index (κ3) is 5.13. The second-order valence-electron chi connectivity index (χ2n) is 7.69. The highest BCUT2D eigenvalue weighted by Crippen LogP contribution is 2.31. The Balaban J connectivity index is 1.72. The number of benzene rings is 2. The fourth-order valence-electron chi connectivity index (χ4n) is 3.42. The summed E-state index contributed by atoms with van der Waals surface area (Å²) < 4.78 is 29.9. The molecule has 1 aromatic heterocycles. The number of hydrogen-bond donors (Lipinski definition) is 0. The van der Waals surface area contributed by atoms with Gasteiger partial charge in [0.15, 0.2) is 5.17 Å². The predicted octanol–water partition coefficient (Wildman–Crippen LogP) is 4.42. The van der Waals surface area contributed by atoms with Gasteiger partial charge in [0.1, 0.15) is 0 Å². The molecule has 0 amide bonds. The van der Waals surface area contributed by atoms with Gasteiger partial charge >= 0.3 is 10.0 Å². The van der Waals surface area contributed by atoms with Gasteiger partial charge in [-0.3, -0.25) is 0 Å². The third-order valence-corrected chi connectivity index (χ3v) is 7.23. The summed E-state index contributed by atoms with van der Waals surface area (Å²) in [6.07, 6.45) is 2.99. The number of hydrazone groups is 1. The van der Waals surface area contributed by atoms with E-state index in [1.165, 1.54) is 22.8 Å². The Morgan fingerprint density at radius 3 is 2.45 bits per heavy atom. The predicted molar refractivity (Wildman–Crippen MR) is 132 cm³/mol. The number of hydrogen-bond acceptors (Lipinski definition) is 6. The Bertz CT molecular complexity index is 1290. The Morgan fingerprint density at radius 2 is 1.85 bits per heavy atom. The smallest absolute Gasteiger partial charge is 0.240 e. The summed E-state index contributed by atoms with van der Waals surface area (Å²) in [6.45, 7) is 4.19. The summed E-state index contributed by atoms with van der Waals surface area (Å²) in [5.74, 6) is -0.0609. The minimum atomic E-state index is -4.05. The fraction of sp³-hybridized carbons (Fsp3) is 0.273. The number of halogens is 1. The maximum Gasteiger partial charge on any atom is 0.305 e. The van der Waals surface area contributed by atoms with Crippen LogP contribution in [0.15, 0.2) is 75.3 Å². The number of nitrogens with zero attached hydrogens (tertiary/aromatic N) is 6. The summed E-state index contributed by atoms with van der Waals surface area (Å²) >= 11 is 7.29. The molecule has 1 aliphatic heterocycles. The molecular weight excluding hydrogens is 480 g/mol. The van der Waals surface area contributed by atoms with Crippen molar-refractivity contribution in [3.8, 4) is 0 Å². The SMILES string of the molecule is CSC(=NS(=O)(=O)c1cnn(C(C)C)n1)N1CC(c2ccccc2)C(c2ccc(Cl)cc2)=N1. The van der Waals surface area contributed by atoms with Crippen LogP contribution in [0.5, 0.6) is 0 Å². The highest BCUT2D eigenvalue weighted by molar-refractivity contribution is 8.13. The molecule has 2 aromatic carbocycles. The van der Waals surface area contributed by atoms with Crippen LogP contribution in [0.3, 0.4) is 0 Å². The lowest BCUT2D eigenvalue weighted by Gasteiger charge is -2.16. The molecular formula is C22H23ClN6O2S2. The molecule has 2 heterocycles. The van der Waals surface area contributed by atoms with Crippen molar-refractivity contribution < 1.29 is 8.42 Å². The van der Waals surface area contributed by atoms with Crippen LogP contribution in [0.4, 0.5) is 0 Å². The van der Waals surface area contributed by atoms with Crippen molar-refractivity contribution in [2.24, 2.45) is 9.50 Å². The van der Waals surface area contributed by atoms with Gasteiger partial charge in [-0.25, -0.2) is 5.01 Å². The molecule has 3 aromatic rings. The van der Waals surface area contributed by atoms with Gasteiger partial charge in [-0.05, 0) is 43.4 Å². The highest BCUT2D eigenvalue weighted by Gasteiger charge is 2.32. The summed E-state index contributed by atoms with van der Waals surface area (Å²) in [5.41, 5.74) is 2.82. The Kier molecular flexibility index (Phi) is 6.87. The molecule has 4 rings (SSSR count). The molecule has 1 atom stereocenters. The molecule has 33 heavy (non-hydrogen) atoms. The number of thioether (sulfide) groups is 1. The van der Waals surface area contributed by atoms with Crippen LogP contribution in [0.1, 0.15) is 36.9 Å². The molecule has 172 valence electrons. The molecule has 0 saturated carbocycles. The van der Waals surface area contributed by atoms with E-state index in [1.54, 1.807) is 11.3 Å². The van der Waals surface area contributed by atoms with E-state index in [0.717, 1.165) is 16.8 Å². The normalized spacial score (nSPS) is 17.0. The molecule has 0 spiro atoms. The first-order valence-corrected chi connectivity index (χ1v) is 13.3. The molecule has 8 nitrogen and oxygen atoms in total. The summed E-state index contributed by atoms with van der Waals surface area (Å²) in [4.78, 5) is 1.35. The fourth-order valence-corrected chi connectivity index (χ4v) is 5.22. The van der Waals surface area contributed by atoms with Crippen molar-refractivity contribution >= 4 is 44.3 Å². The standard InChI is InChI=1S/C22H23ClN6O2S2/c1-15(2)29-24-13-20(25-29)33(30,31)27-22(32-3)28-14-19(16-7-5-4-6-8-16)21(26-28)17-9-11-18(23)12-10-17/h4-13,15,19H,14H2,1-3H3. The van der Waals surface area contributed by atoms with Crippen molar-refractivity contribution in [3.05, 3.63) is 76.9 Å². The zero-order valence-electron chi connectivity index (χ0n) is 18.3. The van der Waals surface area contributed by atoms with E-state index in [9.17, 15) is 8.42 Å². The third-order valence-electron chi connectivity index (χ3n) is 5.07. The van der Waals surface area contributed by atoms with Crippen LogP contribution in [-0.2, 0) is 10.0 Å². The molecule has 11 heteroatoms. The van der Waals surface area contributed by atoms with E-state index in [1.807, 2.05) is 68.4 Å². The number of amidine groups is 1. The van der Waals surface area contributed by atoms with Gasteiger partial charge in [-0.15, -0.1) is 9.50 Å². The van der Waals surface area contributed by atoms with E-state index < -0.39 is 10.0 Å². The van der Waals surface area contributed by atoms with Crippen LogP contribution in [0.25, 0.3) is 0 Å². The minimum absolute atomic E-state index is 0.0605. The molecule has 0 bridgehead atoms. The van der Waals surface area contributed by atoms with Gasteiger partial charge in [-0.2, -0.15) is 23.4 Å². The van der Waals surface area contributed by atoms with Crippen molar-refractivity contribution in [1.82, 2.24) is 20.0 Å². The zero-order chi connectivity index (χ0) is 23.6. The largest absolute Gasteiger partial charge is 0.305 e. The first kappa shape index (κ1) is 23.5. The second kappa shape index (κ2) is 9.66. The van der Waals surface area contributed by atoms with E-state index in [-0.39, 0.29) is 22.2 Å². The lowest BCUT2D eigenvalue weighted by Crippen LogP contribution is -2.24. The molecule has 0 radical (unpaired) electrons. The van der Waals surface area contributed by atoms with Crippen molar-refractivity contribution in [2.45, 2.75) is 30.8 Å². The minimum Gasteiger partial charge on any atom is -0.240 e. The van der Waals surface area contributed by atoms with E-state index in [4.69, 9.17) is 16.7 Å². The molecule has 1 unspecified atom stereocenters. The molecule has 1 aliphatic rings. The molecule has 0 N–H and O–H groups in total. The lowest BCUT2D eigenvalue weighted by atomic mass is 9.91.